The van der Waals surface area contributed by atoms with E-state index < -0.39 is 0 Å². The molecule has 5 heteroatoms. The summed E-state index contributed by atoms with van der Waals surface area (Å²) in [5.41, 5.74) is 6.79. The third kappa shape index (κ3) is 3.22. The van der Waals surface area contributed by atoms with Gasteiger partial charge < -0.3 is 20.7 Å². The molecular weight excluding hydrogens is 254 g/mol. The van der Waals surface area contributed by atoms with Crippen LogP contribution < -0.4 is 15.8 Å². The fourth-order valence-electron chi connectivity index (χ4n) is 2.67. The highest BCUT2D eigenvalue weighted by Gasteiger charge is 2.20. The lowest BCUT2D eigenvalue weighted by Crippen LogP contribution is -2.44. The number of amides is 1. The Morgan fingerprint density at radius 3 is 3.00 bits per heavy atom. The number of methoxy groups -OCH3 is 1. The fraction of sp³-hybridized carbons (Fsp3) is 0.533. The average molecular weight is 277 g/mol. The third-order valence-corrected chi connectivity index (χ3v) is 3.91. The number of hydrogen-bond donors (Lipinski definition) is 2. The molecule has 3 N–H and O–H groups in total. The molecule has 1 atom stereocenters. The quantitative estimate of drug-likeness (QED) is 0.818. The highest BCUT2D eigenvalue weighted by molar-refractivity contribution is 5.98. The van der Waals surface area contributed by atoms with Gasteiger partial charge in [-0.1, -0.05) is 12.5 Å². The summed E-state index contributed by atoms with van der Waals surface area (Å²) in [7, 11) is 3.63. The van der Waals surface area contributed by atoms with Crippen LogP contribution in [0.4, 0.5) is 5.69 Å². The monoisotopic (exact) mass is 277 g/mol. The molecule has 1 fully saturated rings. The number of nitrogens with zero attached hydrogens (tertiary/aromatic N) is 1. The molecule has 2 rings (SSSR count). The third-order valence-electron chi connectivity index (χ3n) is 3.91. The van der Waals surface area contributed by atoms with E-state index in [1.54, 1.807) is 18.2 Å². The lowest BCUT2D eigenvalue weighted by atomic mass is 10.0. The molecule has 110 valence electrons. The molecule has 1 aromatic rings. The molecule has 0 radical (unpaired) electrons. The molecule has 1 saturated heterocycles. The van der Waals surface area contributed by atoms with E-state index >= 15 is 0 Å². The molecule has 0 spiro atoms. The minimum absolute atomic E-state index is 0.131. The summed E-state index contributed by atoms with van der Waals surface area (Å²) < 4.78 is 5.21. The Labute approximate surface area is 120 Å². The van der Waals surface area contributed by atoms with Crippen LogP contribution in [0.2, 0.25) is 0 Å². The van der Waals surface area contributed by atoms with Gasteiger partial charge in [0.05, 0.1) is 18.4 Å². The summed E-state index contributed by atoms with van der Waals surface area (Å²) in [6.45, 7) is 1.76. The van der Waals surface area contributed by atoms with Crippen LogP contribution in [0.25, 0.3) is 0 Å². The predicted octanol–water partition coefficient (Wildman–Crippen LogP) is 1.49. The summed E-state index contributed by atoms with van der Waals surface area (Å²) in [5, 5.41) is 2.98. The zero-order valence-corrected chi connectivity index (χ0v) is 12.2. The molecular formula is C15H23N3O2. The van der Waals surface area contributed by atoms with Crippen molar-refractivity contribution in [3.63, 3.8) is 0 Å². The molecule has 0 aromatic heterocycles. The molecule has 1 aliphatic rings. The first-order valence-electron chi connectivity index (χ1n) is 7.04. The van der Waals surface area contributed by atoms with Crippen LogP contribution in [-0.4, -0.2) is 44.1 Å². The molecule has 0 bridgehead atoms. The summed E-state index contributed by atoms with van der Waals surface area (Å²) in [5.74, 6) is 0.315. The maximum absolute atomic E-state index is 12.3. The SMILES string of the molecule is COc1c(N)cccc1C(=O)NCC1CCCCN1C. The van der Waals surface area contributed by atoms with Crippen molar-refractivity contribution in [1.82, 2.24) is 10.2 Å². The first-order chi connectivity index (χ1) is 9.63. The van der Waals surface area contributed by atoms with Gasteiger partial charge in [0, 0.05) is 12.6 Å². The van der Waals surface area contributed by atoms with Crippen LogP contribution in [0, 0.1) is 0 Å². The van der Waals surface area contributed by atoms with E-state index in [4.69, 9.17) is 10.5 Å². The number of hydrogen-bond acceptors (Lipinski definition) is 4. The second kappa shape index (κ2) is 6.61. The van der Waals surface area contributed by atoms with Gasteiger partial charge in [-0.05, 0) is 38.6 Å². The Morgan fingerprint density at radius 1 is 1.50 bits per heavy atom. The molecule has 1 aliphatic heterocycles. The van der Waals surface area contributed by atoms with Gasteiger partial charge in [0.25, 0.3) is 5.91 Å². The highest BCUT2D eigenvalue weighted by Crippen LogP contribution is 2.25. The van der Waals surface area contributed by atoms with Gasteiger partial charge in [0.2, 0.25) is 0 Å². The van der Waals surface area contributed by atoms with Gasteiger partial charge >= 0.3 is 0 Å². The number of benzene rings is 1. The Morgan fingerprint density at radius 2 is 2.30 bits per heavy atom. The number of likely N-dealkylation sites (tertiary alicyclic amines) is 1. The van der Waals surface area contributed by atoms with Gasteiger partial charge in [0.1, 0.15) is 0 Å². The highest BCUT2D eigenvalue weighted by atomic mass is 16.5. The van der Waals surface area contributed by atoms with Crippen molar-refractivity contribution in [2.75, 3.05) is 33.0 Å². The Hall–Kier alpha value is -1.75. The Kier molecular flexibility index (Phi) is 4.84. The molecule has 0 saturated carbocycles. The number of anilines is 1. The van der Waals surface area contributed by atoms with E-state index in [0.29, 0.717) is 29.6 Å². The van der Waals surface area contributed by atoms with E-state index in [1.165, 1.54) is 20.0 Å². The first-order valence-corrected chi connectivity index (χ1v) is 7.04. The smallest absolute Gasteiger partial charge is 0.255 e. The number of carbonyl (C=O) groups is 1. The Bertz CT molecular complexity index is 476. The Balaban J connectivity index is 2.00. The number of likely N-dealkylation sites (N-methyl/N-ethyl adjacent to an activating group) is 1. The number of nitrogens with one attached hydrogen (secondary N) is 1. The molecule has 5 nitrogen and oxygen atoms in total. The van der Waals surface area contributed by atoms with Crippen molar-refractivity contribution < 1.29 is 9.53 Å². The van der Waals surface area contributed by atoms with Gasteiger partial charge in [-0.15, -0.1) is 0 Å². The van der Waals surface area contributed by atoms with Gasteiger partial charge in [-0.3, -0.25) is 4.79 Å². The number of para-hydroxylation sites is 1. The van der Waals surface area contributed by atoms with Crippen molar-refractivity contribution in [2.24, 2.45) is 0 Å². The van der Waals surface area contributed by atoms with E-state index in [9.17, 15) is 4.79 Å². The summed E-state index contributed by atoms with van der Waals surface area (Å²) in [4.78, 5) is 14.6. The second-order valence-electron chi connectivity index (χ2n) is 5.27. The largest absolute Gasteiger partial charge is 0.494 e. The van der Waals surface area contributed by atoms with Crippen LogP contribution >= 0.6 is 0 Å². The summed E-state index contributed by atoms with van der Waals surface area (Å²) in [6, 6.07) is 5.64. The van der Waals surface area contributed by atoms with E-state index in [1.807, 2.05) is 0 Å². The predicted molar refractivity (Wildman–Crippen MR) is 80.0 cm³/mol. The topological polar surface area (TPSA) is 67.6 Å². The molecule has 1 heterocycles. The van der Waals surface area contributed by atoms with Gasteiger partial charge in [-0.25, -0.2) is 0 Å². The minimum Gasteiger partial charge on any atom is -0.494 e. The number of rotatable bonds is 4. The van der Waals surface area contributed by atoms with Crippen molar-refractivity contribution in [1.29, 1.82) is 0 Å². The van der Waals surface area contributed by atoms with E-state index in [-0.39, 0.29) is 5.91 Å². The van der Waals surface area contributed by atoms with Crippen LogP contribution in [0.15, 0.2) is 18.2 Å². The van der Waals surface area contributed by atoms with E-state index in [2.05, 4.69) is 17.3 Å². The zero-order chi connectivity index (χ0) is 14.5. The summed E-state index contributed by atoms with van der Waals surface area (Å²) in [6.07, 6.45) is 3.60. The number of ether oxygens (including phenoxy) is 1. The number of nitrogen functional groups attached to an aromatic ring is 1. The average Bonchev–Trinajstić information content (AvgIpc) is 2.46. The maximum Gasteiger partial charge on any atom is 0.255 e. The van der Waals surface area contributed by atoms with Crippen molar-refractivity contribution in [2.45, 2.75) is 25.3 Å². The lowest BCUT2D eigenvalue weighted by molar-refractivity contribution is 0.0925. The van der Waals surface area contributed by atoms with Gasteiger partial charge in [-0.2, -0.15) is 0 Å². The fourth-order valence-corrected chi connectivity index (χ4v) is 2.67. The molecule has 20 heavy (non-hydrogen) atoms. The van der Waals surface area contributed by atoms with Crippen LogP contribution in [0.5, 0.6) is 5.75 Å². The van der Waals surface area contributed by atoms with Crippen molar-refractivity contribution in [3.05, 3.63) is 23.8 Å². The molecule has 1 unspecified atom stereocenters. The van der Waals surface area contributed by atoms with Crippen molar-refractivity contribution >= 4 is 11.6 Å². The molecule has 1 amide bonds. The first kappa shape index (κ1) is 14.7. The van der Waals surface area contributed by atoms with Crippen LogP contribution in [0.3, 0.4) is 0 Å². The number of carbonyl (C=O) groups excluding carboxylic acids is 1. The van der Waals surface area contributed by atoms with Crippen LogP contribution in [-0.2, 0) is 0 Å². The van der Waals surface area contributed by atoms with Crippen molar-refractivity contribution in [3.8, 4) is 5.75 Å². The maximum atomic E-state index is 12.3. The normalized spacial score (nSPS) is 19.6. The lowest BCUT2D eigenvalue weighted by Gasteiger charge is -2.32. The zero-order valence-electron chi connectivity index (χ0n) is 12.2. The van der Waals surface area contributed by atoms with E-state index in [0.717, 1.165) is 13.0 Å². The summed E-state index contributed by atoms with van der Waals surface area (Å²) >= 11 is 0. The van der Waals surface area contributed by atoms with Crippen LogP contribution in [0.1, 0.15) is 29.6 Å². The number of nitrogens with two attached hydrogens (primary N) is 1. The standard InChI is InChI=1S/C15H23N3O2/c1-18-9-4-3-6-11(18)10-17-15(19)12-7-5-8-13(16)14(12)20-2/h5,7-8,11H,3-4,6,9-10,16H2,1-2H3,(H,17,19). The molecule has 1 aromatic carbocycles. The van der Waals surface area contributed by atoms with Gasteiger partial charge in [0.15, 0.2) is 5.75 Å². The second-order valence-corrected chi connectivity index (χ2v) is 5.27. The molecule has 0 aliphatic carbocycles. The number of piperidine rings is 1. The minimum atomic E-state index is -0.131.